The van der Waals surface area contributed by atoms with Crippen LogP contribution in [-0.4, -0.2) is 29.9 Å². The number of hydrogen-bond acceptors (Lipinski definition) is 3. The number of anilines is 1. The van der Waals surface area contributed by atoms with Gasteiger partial charge in [-0.1, -0.05) is 12.6 Å². The van der Waals surface area contributed by atoms with E-state index in [0.717, 1.165) is 5.57 Å². The quantitative estimate of drug-likeness (QED) is 0.700. The van der Waals surface area contributed by atoms with Gasteiger partial charge in [-0.15, -0.1) is 0 Å². The molecule has 2 amide bonds. The van der Waals surface area contributed by atoms with Gasteiger partial charge in [-0.3, -0.25) is 0 Å². The molecule has 110 valence electrons. The molecular weight excluding hydrogens is 256 g/mol. The van der Waals surface area contributed by atoms with Crippen LogP contribution in [0.5, 0.6) is 5.75 Å². The van der Waals surface area contributed by atoms with Crippen LogP contribution in [0.3, 0.4) is 0 Å². The standard InChI is InChI=1S/C15H22N2O3/c1-11(2)9-20-13-7-5-6-12(8-13)16-14(19)17-15(3,4)10-18/h5-8,18H,1,9-10H2,2-4H3,(H2,16,17,19). The number of benzene rings is 1. The van der Waals surface area contributed by atoms with Crippen molar-refractivity contribution in [2.24, 2.45) is 0 Å². The SMILES string of the molecule is C=C(C)COc1cccc(NC(=O)NC(C)(C)CO)c1. The topological polar surface area (TPSA) is 70.6 Å². The summed E-state index contributed by atoms with van der Waals surface area (Å²) >= 11 is 0. The Morgan fingerprint density at radius 3 is 2.75 bits per heavy atom. The van der Waals surface area contributed by atoms with Crippen molar-refractivity contribution in [3.63, 3.8) is 0 Å². The van der Waals surface area contributed by atoms with Crippen LogP contribution in [0.1, 0.15) is 20.8 Å². The average molecular weight is 278 g/mol. The molecule has 0 radical (unpaired) electrons. The second kappa shape index (κ2) is 6.96. The van der Waals surface area contributed by atoms with Gasteiger partial charge >= 0.3 is 6.03 Å². The molecule has 0 aliphatic carbocycles. The van der Waals surface area contributed by atoms with E-state index in [9.17, 15) is 4.79 Å². The maximum atomic E-state index is 11.8. The van der Waals surface area contributed by atoms with Gasteiger partial charge in [0.15, 0.2) is 0 Å². The molecule has 0 fully saturated rings. The Labute approximate surface area is 119 Å². The van der Waals surface area contributed by atoms with E-state index >= 15 is 0 Å². The number of aliphatic hydroxyl groups excluding tert-OH is 1. The normalized spacial score (nSPS) is 10.8. The highest BCUT2D eigenvalue weighted by Crippen LogP contribution is 2.18. The van der Waals surface area contributed by atoms with E-state index in [1.165, 1.54) is 0 Å². The Morgan fingerprint density at radius 2 is 2.15 bits per heavy atom. The van der Waals surface area contributed by atoms with Gasteiger partial charge in [0.1, 0.15) is 12.4 Å². The summed E-state index contributed by atoms with van der Waals surface area (Å²) in [7, 11) is 0. The summed E-state index contributed by atoms with van der Waals surface area (Å²) in [5, 5.41) is 14.5. The monoisotopic (exact) mass is 278 g/mol. The molecule has 0 atom stereocenters. The number of amides is 2. The van der Waals surface area contributed by atoms with Gasteiger partial charge in [0, 0.05) is 11.8 Å². The number of rotatable bonds is 6. The lowest BCUT2D eigenvalue weighted by Crippen LogP contribution is -2.48. The fraction of sp³-hybridized carbons (Fsp3) is 0.400. The zero-order valence-corrected chi connectivity index (χ0v) is 12.2. The van der Waals surface area contributed by atoms with Crippen LogP contribution < -0.4 is 15.4 Å². The first-order valence-corrected chi connectivity index (χ1v) is 6.40. The second-order valence-corrected chi connectivity index (χ2v) is 5.39. The largest absolute Gasteiger partial charge is 0.489 e. The third-order valence-corrected chi connectivity index (χ3v) is 2.42. The first-order valence-electron chi connectivity index (χ1n) is 6.40. The Kier molecular flexibility index (Phi) is 5.58. The molecule has 1 aromatic carbocycles. The van der Waals surface area contributed by atoms with Crippen LogP contribution in [0.25, 0.3) is 0 Å². The van der Waals surface area contributed by atoms with Crippen LogP contribution in [0.4, 0.5) is 10.5 Å². The number of nitrogens with one attached hydrogen (secondary N) is 2. The predicted molar refractivity (Wildman–Crippen MR) is 80.1 cm³/mol. The molecule has 0 aliphatic heterocycles. The van der Waals surface area contributed by atoms with Crippen molar-refractivity contribution in [3.8, 4) is 5.75 Å². The number of carbonyl (C=O) groups is 1. The average Bonchev–Trinajstić information content (AvgIpc) is 2.36. The van der Waals surface area contributed by atoms with E-state index in [1.54, 1.807) is 32.0 Å². The number of aliphatic hydroxyl groups is 1. The van der Waals surface area contributed by atoms with Crippen LogP contribution in [0.15, 0.2) is 36.4 Å². The zero-order valence-electron chi connectivity index (χ0n) is 12.2. The summed E-state index contributed by atoms with van der Waals surface area (Å²) in [4.78, 5) is 11.8. The molecule has 0 aliphatic rings. The van der Waals surface area contributed by atoms with Crippen molar-refractivity contribution in [2.45, 2.75) is 26.3 Å². The molecule has 0 heterocycles. The molecule has 0 bridgehead atoms. The van der Waals surface area contributed by atoms with Crippen molar-refractivity contribution in [1.82, 2.24) is 5.32 Å². The second-order valence-electron chi connectivity index (χ2n) is 5.39. The van der Waals surface area contributed by atoms with Crippen LogP contribution >= 0.6 is 0 Å². The molecule has 3 N–H and O–H groups in total. The van der Waals surface area contributed by atoms with Gasteiger partial charge in [-0.25, -0.2) is 4.79 Å². The summed E-state index contributed by atoms with van der Waals surface area (Å²) in [5.41, 5.74) is 0.874. The number of hydrogen-bond donors (Lipinski definition) is 3. The van der Waals surface area contributed by atoms with E-state index < -0.39 is 5.54 Å². The number of carbonyl (C=O) groups excluding carboxylic acids is 1. The summed E-state index contributed by atoms with van der Waals surface area (Å²) in [6, 6.07) is 6.72. The molecule has 0 saturated carbocycles. The Balaban J connectivity index is 2.61. The lowest BCUT2D eigenvalue weighted by molar-refractivity contribution is 0.187. The number of urea groups is 1. The first kappa shape index (κ1) is 16.0. The minimum atomic E-state index is -0.669. The van der Waals surface area contributed by atoms with Crippen molar-refractivity contribution < 1.29 is 14.6 Å². The zero-order chi connectivity index (χ0) is 15.2. The molecule has 0 unspecified atom stereocenters. The predicted octanol–water partition coefficient (Wildman–Crippen LogP) is 2.53. The Hall–Kier alpha value is -2.01. The van der Waals surface area contributed by atoms with E-state index in [0.29, 0.717) is 18.0 Å². The fourth-order valence-corrected chi connectivity index (χ4v) is 1.38. The van der Waals surface area contributed by atoms with Crippen LogP contribution in [0, 0.1) is 0 Å². The highest BCUT2D eigenvalue weighted by Gasteiger charge is 2.18. The minimum absolute atomic E-state index is 0.137. The van der Waals surface area contributed by atoms with Crippen molar-refractivity contribution in [3.05, 3.63) is 36.4 Å². The molecule has 5 heteroatoms. The minimum Gasteiger partial charge on any atom is -0.489 e. The smallest absolute Gasteiger partial charge is 0.319 e. The van der Waals surface area contributed by atoms with Gasteiger partial charge in [0.2, 0.25) is 0 Å². The van der Waals surface area contributed by atoms with E-state index in [4.69, 9.17) is 9.84 Å². The van der Waals surface area contributed by atoms with Gasteiger partial charge in [-0.2, -0.15) is 0 Å². The molecule has 5 nitrogen and oxygen atoms in total. The van der Waals surface area contributed by atoms with E-state index in [-0.39, 0.29) is 12.6 Å². The number of ether oxygens (including phenoxy) is 1. The lowest BCUT2D eigenvalue weighted by atomic mass is 10.1. The molecule has 20 heavy (non-hydrogen) atoms. The van der Waals surface area contributed by atoms with Gasteiger partial charge in [-0.05, 0) is 38.5 Å². The van der Waals surface area contributed by atoms with E-state index in [1.807, 2.05) is 13.0 Å². The van der Waals surface area contributed by atoms with Crippen molar-refractivity contribution in [2.75, 3.05) is 18.5 Å². The molecule has 1 rings (SSSR count). The van der Waals surface area contributed by atoms with Crippen LogP contribution in [-0.2, 0) is 0 Å². The highest BCUT2D eigenvalue weighted by atomic mass is 16.5. The molecule has 1 aromatic rings. The Bertz CT molecular complexity index is 484. The fourth-order valence-electron chi connectivity index (χ4n) is 1.38. The third-order valence-electron chi connectivity index (χ3n) is 2.42. The van der Waals surface area contributed by atoms with Crippen molar-refractivity contribution >= 4 is 11.7 Å². The summed E-state index contributed by atoms with van der Waals surface area (Å²) in [6.07, 6.45) is 0. The van der Waals surface area contributed by atoms with Crippen LogP contribution in [0.2, 0.25) is 0 Å². The van der Waals surface area contributed by atoms with Crippen molar-refractivity contribution in [1.29, 1.82) is 0 Å². The highest BCUT2D eigenvalue weighted by molar-refractivity contribution is 5.89. The van der Waals surface area contributed by atoms with Gasteiger partial charge in [0.05, 0.1) is 12.1 Å². The molecule has 0 aromatic heterocycles. The summed E-state index contributed by atoms with van der Waals surface area (Å²) in [5.74, 6) is 0.659. The lowest BCUT2D eigenvalue weighted by Gasteiger charge is -2.23. The van der Waals surface area contributed by atoms with Gasteiger partial charge in [0.25, 0.3) is 0 Å². The van der Waals surface area contributed by atoms with E-state index in [2.05, 4.69) is 17.2 Å². The molecule has 0 saturated heterocycles. The third kappa shape index (κ3) is 5.75. The summed E-state index contributed by atoms with van der Waals surface area (Å²) < 4.78 is 5.50. The summed E-state index contributed by atoms with van der Waals surface area (Å²) in [6.45, 7) is 9.41. The molecular formula is C15H22N2O3. The maximum Gasteiger partial charge on any atom is 0.319 e. The maximum absolute atomic E-state index is 11.8. The Morgan fingerprint density at radius 1 is 1.45 bits per heavy atom. The first-order chi connectivity index (χ1) is 9.32. The van der Waals surface area contributed by atoms with Gasteiger partial charge < -0.3 is 20.5 Å². The molecule has 0 spiro atoms.